The van der Waals surface area contributed by atoms with Crippen LogP contribution in [0.4, 0.5) is 4.39 Å². The summed E-state index contributed by atoms with van der Waals surface area (Å²) in [7, 11) is 3.99. The summed E-state index contributed by atoms with van der Waals surface area (Å²) in [6, 6.07) is 8.78. The van der Waals surface area contributed by atoms with E-state index >= 15 is 0 Å². The Labute approximate surface area is 109 Å². The molecule has 0 radical (unpaired) electrons. The molecule has 1 unspecified atom stereocenters. The first-order valence-electron chi connectivity index (χ1n) is 6.24. The molecule has 0 heterocycles. The molecule has 1 rings (SSSR count). The lowest BCUT2D eigenvalue weighted by atomic mass is 9.70. The molecule has 0 fully saturated rings. The molecule has 3 heteroatoms. The molecule has 0 saturated carbocycles. The summed E-state index contributed by atoms with van der Waals surface area (Å²) in [4.78, 5) is 2.07. The van der Waals surface area contributed by atoms with E-state index in [2.05, 4.69) is 11.0 Å². The molecule has 98 valence electrons. The normalized spacial score (nSPS) is 14.6. The Kier molecular flexibility index (Phi) is 4.86. The molecule has 1 atom stereocenters. The fourth-order valence-electron chi connectivity index (χ4n) is 2.16. The smallest absolute Gasteiger partial charge is 0.123 e. The van der Waals surface area contributed by atoms with Crippen molar-refractivity contribution in [3.8, 4) is 6.07 Å². The van der Waals surface area contributed by atoms with Gasteiger partial charge in [-0.25, -0.2) is 4.39 Å². The van der Waals surface area contributed by atoms with Crippen molar-refractivity contribution in [2.24, 2.45) is 5.92 Å². The molecule has 1 aromatic carbocycles. The highest BCUT2D eigenvalue weighted by atomic mass is 19.1. The van der Waals surface area contributed by atoms with E-state index < -0.39 is 5.41 Å². The summed E-state index contributed by atoms with van der Waals surface area (Å²) in [5.74, 6) is -0.0742. The third kappa shape index (κ3) is 3.08. The summed E-state index contributed by atoms with van der Waals surface area (Å²) in [5.41, 5.74) is 0.362. The predicted octanol–water partition coefficient (Wildman–Crippen LogP) is 3.19. The fraction of sp³-hybridized carbons (Fsp3) is 0.533. The number of nitriles is 1. The Morgan fingerprint density at radius 2 is 1.83 bits per heavy atom. The average Bonchev–Trinajstić information content (AvgIpc) is 2.31. The van der Waals surface area contributed by atoms with Gasteiger partial charge in [-0.2, -0.15) is 5.26 Å². The maximum atomic E-state index is 13.0. The summed E-state index contributed by atoms with van der Waals surface area (Å²) >= 11 is 0. The maximum Gasteiger partial charge on any atom is 0.123 e. The van der Waals surface area contributed by atoms with Crippen LogP contribution in [0.5, 0.6) is 0 Å². The average molecular weight is 248 g/mol. The number of benzene rings is 1. The van der Waals surface area contributed by atoms with E-state index in [-0.39, 0.29) is 11.7 Å². The minimum absolute atomic E-state index is 0.188. The van der Waals surface area contributed by atoms with E-state index in [1.807, 2.05) is 27.9 Å². The number of halogens is 1. The predicted molar refractivity (Wildman–Crippen MR) is 71.7 cm³/mol. The highest BCUT2D eigenvalue weighted by molar-refractivity contribution is 5.33. The lowest BCUT2D eigenvalue weighted by Crippen LogP contribution is -2.34. The van der Waals surface area contributed by atoms with Gasteiger partial charge in [-0.15, -0.1) is 0 Å². The molecule has 0 aliphatic carbocycles. The Balaban J connectivity index is 3.11. The van der Waals surface area contributed by atoms with Crippen LogP contribution in [0.3, 0.4) is 0 Å². The first kappa shape index (κ1) is 14.7. The molecule has 0 saturated heterocycles. The highest BCUT2D eigenvalue weighted by Gasteiger charge is 2.35. The number of hydrogen-bond acceptors (Lipinski definition) is 2. The standard InChI is InChI=1S/C15H21FN2/c1-12(2)15(11-17,9-10-18(3)4)13-5-7-14(16)8-6-13/h5-8,12H,9-10H2,1-4H3. The number of hydrogen-bond donors (Lipinski definition) is 0. The maximum absolute atomic E-state index is 13.0. The third-order valence-electron chi connectivity index (χ3n) is 3.50. The minimum atomic E-state index is -0.544. The van der Waals surface area contributed by atoms with Crippen LogP contribution < -0.4 is 0 Å². The molecule has 2 nitrogen and oxygen atoms in total. The molecule has 0 aliphatic heterocycles. The molecule has 0 spiro atoms. The second kappa shape index (κ2) is 5.97. The molecule has 0 N–H and O–H groups in total. The van der Waals surface area contributed by atoms with Gasteiger partial charge in [0.1, 0.15) is 5.82 Å². The summed E-state index contributed by atoms with van der Waals surface area (Å²) < 4.78 is 13.0. The van der Waals surface area contributed by atoms with Gasteiger partial charge in [-0.1, -0.05) is 26.0 Å². The van der Waals surface area contributed by atoms with Crippen LogP contribution in [0, 0.1) is 23.1 Å². The highest BCUT2D eigenvalue weighted by Crippen LogP contribution is 2.35. The molecular weight excluding hydrogens is 227 g/mol. The molecule has 0 aromatic heterocycles. The first-order chi connectivity index (χ1) is 8.42. The third-order valence-corrected chi connectivity index (χ3v) is 3.50. The van der Waals surface area contributed by atoms with Crippen LogP contribution in [-0.2, 0) is 5.41 Å². The largest absolute Gasteiger partial charge is 0.309 e. The summed E-state index contributed by atoms with van der Waals surface area (Å²) in [5, 5.41) is 9.62. The van der Waals surface area contributed by atoms with Crippen molar-refractivity contribution in [3.63, 3.8) is 0 Å². The first-order valence-corrected chi connectivity index (χ1v) is 6.24. The van der Waals surface area contributed by atoms with Crippen LogP contribution in [-0.4, -0.2) is 25.5 Å². The van der Waals surface area contributed by atoms with Crippen molar-refractivity contribution in [1.29, 1.82) is 5.26 Å². The topological polar surface area (TPSA) is 27.0 Å². The van der Waals surface area contributed by atoms with Gasteiger partial charge in [-0.3, -0.25) is 0 Å². The van der Waals surface area contributed by atoms with Crippen LogP contribution in [0.2, 0.25) is 0 Å². The Morgan fingerprint density at radius 3 is 2.22 bits per heavy atom. The van der Waals surface area contributed by atoms with Gasteiger partial charge >= 0.3 is 0 Å². The van der Waals surface area contributed by atoms with E-state index in [4.69, 9.17) is 0 Å². The molecule has 1 aromatic rings. The van der Waals surface area contributed by atoms with Crippen molar-refractivity contribution in [2.45, 2.75) is 25.7 Å². The van der Waals surface area contributed by atoms with E-state index in [1.54, 1.807) is 12.1 Å². The zero-order valence-corrected chi connectivity index (χ0v) is 11.6. The molecule has 0 amide bonds. The minimum Gasteiger partial charge on any atom is -0.309 e. The van der Waals surface area contributed by atoms with Gasteiger partial charge in [-0.05, 0) is 50.7 Å². The van der Waals surface area contributed by atoms with Gasteiger partial charge in [0.25, 0.3) is 0 Å². The molecule has 0 bridgehead atoms. The number of nitrogens with zero attached hydrogens (tertiary/aromatic N) is 2. The molecular formula is C15H21FN2. The Hall–Kier alpha value is -1.40. The van der Waals surface area contributed by atoms with E-state index in [9.17, 15) is 9.65 Å². The SMILES string of the molecule is CC(C)C(C#N)(CCN(C)C)c1ccc(F)cc1. The van der Waals surface area contributed by atoms with Crippen LogP contribution in [0.15, 0.2) is 24.3 Å². The van der Waals surface area contributed by atoms with Gasteiger partial charge < -0.3 is 4.90 Å². The zero-order valence-electron chi connectivity index (χ0n) is 11.6. The van der Waals surface area contributed by atoms with Gasteiger partial charge in [0.05, 0.1) is 11.5 Å². The lowest BCUT2D eigenvalue weighted by molar-refractivity contribution is 0.303. The van der Waals surface area contributed by atoms with Crippen molar-refractivity contribution in [2.75, 3.05) is 20.6 Å². The van der Waals surface area contributed by atoms with Crippen LogP contribution in [0.25, 0.3) is 0 Å². The van der Waals surface area contributed by atoms with Crippen molar-refractivity contribution >= 4 is 0 Å². The Morgan fingerprint density at radius 1 is 1.28 bits per heavy atom. The quantitative estimate of drug-likeness (QED) is 0.800. The Bertz CT molecular complexity index is 417. The summed E-state index contributed by atoms with van der Waals surface area (Å²) in [6.45, 7) is 4.92. The van der Waals surface area contributed by atoms with Crippen molar-refractivity contribution in [3.05, 3.63) is 35.6 Å². The van der Waals surface area contributed by atoms with Crippen LogP contribution >= 0.6 is 0 Å². The molecule has 0 aliphatic rings. The van der Waals surface area contributed by atoms with E-state index in [0.29, 0.717) is 0 Å². The molecule has 18 heavy (non-hydrogen) atoms. The second-order valence-corrected chi connectivity index (χ2v) is 5.30. The van der Waals surface area contributed by atoms with Gasteiger partial charge in [0, 0.05) is 0 Å². The lowest BCUT2D eigenvalue weighted by Gasteiger charge is -2.32. The van der Waals surface area contributed by atoms with Gasteiger partial charge in [0.15, 0.2) is 0 Å². The van der Waals surface area contributed by atoms with Crippen molar-refractivity contribution < 1.29 is 4.39 Å². The van der Waals surface area contributed by atoms with Crippen LogP contribution in [0.1, 0.15) is 25.8 Å². The second-order valence-electron chi connectivity index (χ2n) is 5.30. The van der Waals surface area contributed by atoms with Crippen molar-refractivity contribution in [1.82, 2.24) is 4.90 Å². The van der Waals surface area contributed by atoms with E-state index in [1.165, 1.54) is 12.1 Å². The van der Waals surface area contributed by atoms with Gasteiger partial charge in [0.2, 0.25) is 0 Å². The van der Waals surface area contributed by atoms with E-state index in [0.717, 1.165) is 18.5 Å². The number of rotatable bonds is 5. The summed E-state index contributed by atoms with van der Waals surface area (Å²) in [6.07, 6.45) is 0.750. The zero-order chi connectivity index (χ0) is 13.8. The fourth-order valence-corrected chi connectivity index (χ4v) is 2.16. The monoisotopic (exact) mass is 248 g/mol.